The van der Waals surface area contributed by atoms with E-state index in [0.29, 0.717) is 5.92 Å². The molecule has 4 nitrogen and oxygen atoms in total. The van der Waals surface area contributed by atoms with Crippen molar-refractivity contribution in [3.63, 3.8) is 0 Å². The molecule has 1 saturated carbocycles. The van der Waals surface area contributed by atoms with Gasteiger partial charge in [0, 0.05) is 0 Å². The van der Waals surface area contributed by atoms with Crippen LogP contribution < -0.4 is 5.73 Å². The Bertz CT molecular complexity index is 271. The van der Waals surface area contributed by atoms with Crippen LogP contribution in [0, 0.1) is 11.3 Å². The molecule has 4 atom stereocenters. The van der Waals surface area contributed by atoms with Crippen molar-refractivity contribution >= 4 is 0 Å². The van der Waals surface area contributed by atoms with E-state index in [1.807, 2.05) is 20.8 Å². The van der Waals surface area contributed by atoms with Crippen LogP contribution in [-0.4, -0.2) is 29.3 Å². The summed E-state index contributed by atoms with van der Waals surface area (Å²) in [6.07, 6.45) is 0.336. The normalized spacial score (nSPS) is 31.3. The zero-order chi connectivity index (χ0) is 14.1. The summed E-state index contributed by atoms with van der Waals surface area (Å²) in [6.45, 7) is 12.4. The summed E-state index contributed by atoms with van der Waals surface area (Å²) in [5.74, 6) is 0.463. The van der Waals surface area contributed by atoms with Gasteiger partial charge in [-0.05, 0) is 44.9 Å². The third-order valence-corrected chi connectivity index (χ3v) is 3.32. The van der Waals surface area contributed by atoms with E-state index in [1.165, 1.54) is 0 Å². The lowest BCUT2D eigenvalue weighted by molar-refractivity contribution is -0.255. The van der Waals surface area contributed by atoms with Crippen LogP contribution in [0.15, 0.2) is 0 Å². The van der Waals surface area contributed by atoms with Crippen molar-refractivity contribution in [2.75, 3.05) is 0 Å². The number of aliphatic hydroxyl groups is 1. The number of aliphatic hydroxyl groups excluding tert-OH is 1. The number of rotatable bonds is 4. The first-order valence-corrected chi connectivity index (χ1v) is 6.77. The van der Waals surface area contributed by atoms with Crippen molar-refractivity contribution in [3.8, 4) is 0 Å². The number of ether oxygens (including phenoxy) is 2. The molecule has 108 valence electrons. The largest absolute Gasteiger partial charge is 0.373 e. The van der Waals surface area contributed by atoms with Crippen LogP contribution >= 0.6 is 0 Å². The van der Waals surface area contributed by atoms with Gasteiger partial charge >= 0.3 is 0 Å². The van der Waals surface area contributed by atoms with Gasteiger partial charge in [-0.3, -0.25) is 0 Å². The van der Waals surface area contributed by atoms with Gasteiger partial charge in [0.1, 0.15) is 0 Å². The molecule has 4 heteroatoms. The van der Waals surface area contributed by atoms with Crippen molar-refractivity contribution < 1.29 is 14.6 Å². The van der Waals surface area contributed by atoms with Gasteiger partial charge in [0.25, 0.3) is 0 Å². The molecule has 0 bridgehead atoms. The van der Waals surface area contributed by atoms with Gasteiger partial charge in [-0.1, -0.05) is 20.8 Å². The van der Waals surface area contributed by atoms with Gasteiger partial charge in [0.05, 0.1) is 11.7 Å². The molecule has 0 saturated heterocycles. The predicted molar refractivity (Wildman–Crippen MR) is 71.9 cm³/mol. The standard InChI is InChI=1S/C14H29NO3/c1-9-7-14(5,6)8-10(9)17-12(11(15)16)18-13(2,3)4/h9-12,16H,7-8,15H2,1-6H3. The Labute approximate surface area is 111 Å². The number of hydrogen-bond acceptors (Lipinski definition) is 4. The van der Waals surface area contributed by atoms with Crippen molar-refractivity contribution in [1.29, 1.82) is 0 Å². The Morgan fingerprint density at radius 1 is 1.28 bits per heavy atom. The summed E-state index contributed by atoms with van der Waals surface area (Å²) in [6, 6.07) is 0. The van der Waals surface area contributed by atoms with Gasteiger partial charge in [0.2, 0.25) is 0 Å². The first kappa shape index (κ1) is 15.9. The van der Waals surface area contributed by atoms with Crippen LogP contribution in [0.4, 0.5) is 0 Å². The van der Waals surface area contributed by atoms with Gasteiger partial charge < -0.3 is 20.3 Å². The molecule has 0 heterocycles. The number of nitrogens with two attached hydrogens (primary N) is 1. The molecule has 1 fully saturated rings. The SMILES string of the molecule is CC1CC(C)(C)CC1OC(OC(C)(C)C)C(N)O. The highest BCUT2D eigenvalue weighted by Gasteiger charge is 2.40. The highest BCUT2D eigenvalue weighted by atomic mass is 16.7. The zero-order valence-electron chi connectivity index (χ0n) is 12.6. The molecule has 0 spiro atoms. The smallest absolute Gasteiger partial charge is 0.197 e. The van der Waals surface area contributed by atoms with E-state index >= 15 is 0 Å². The molecule has 0 aliphatic heterocycles. The minimum absolute atomic E-state index is 0.102. The summed E-state index contributed by atoms with van der Waals surface area (Å²) < 4.78 is 11.6. The fourth-order valence-electron chi connectivity index (χ4n) is 2.71. The van der Waals surface area contributed by atoms with Gasteiger partial charge in [-0.2, -0.15) is 0 Å². The molecule has 0 aromatic heterocycles. The lowest BCUT2D eigenvalue weighted by Gasteiger charge is -2.32. The Balaban J connectivity index is 2.62. The second-order valence-corrected chi connectivity index (χ2v) is 7.31. The van der Waals surface area contributed by atoms with Crippen molar-refractivity contribution in [1.82, 2.24) is 0 Å². The summed E-state index contributed by atoms with van der Waals surface area (Å²) >= 11 is 0. The van der Waals surface area contributed by atoms with Gasteiger partial charge in [0.15, 0.2) is 12.5 Å². The van der Waals surface area contributed by atoms with E-state index in [4.69, 9.17) is 15.2 Å². The van der Waals surface area contributed by atoms with Crippen LogP contribution in [0.2, 0.25) is 0 Å². The van der Waals surface area contributed by atoms with Crippen molar-refractivity contribution in [2.24, 2.45) is 17.1 Å². The molecular formula is C14H29NO3. The van der Waals surface area contributed by atoms with Crippen molar-refractivity contribution in [3.05, 3.63) is 0 Å². The van der Waals surface area contributed by atoms with Crippen molar-refractivity contribution in [2.45, 2.75) is 78.6 Å². The summed E-state index contributed by atoms with van der Waals surface area (Å²) in [7, 11) is 0. The first-order chi connectivity index (χ1) is 8.00. The first-order valence-electron chi connectivity index (χ1n) is 6.77. The lowest BCUT2D eigenvalue weighted by atomic mass is 9.91. The van der Waals surface area contributed by atoms with Crippen LogP contribution in [0.1, 0.15) is 54.4 Å². The third kappa shape index (κ3) is 4.84. The highest BCUT2D eigenvalue weighted by Crippen LogP contribution is 2.43. The molecule has 0 aromatic rings. The minimum atomic E-state index is -1.11. The molecule has 18 heavy (non-hydrogen) atoms. The van der Waals surface area contributed by atoms with Crippen LogP contribution in [-0.2, 0) is 9.47 Å². The topological polar surface area (TPSA) is 64.7 Å². The summed E-state index contributed by atoms with van der Waals surface area (Å²) in [5, 5.41) is 9.58. The second kappa shape index (κ2) is 5.45. The van der Waals surface area contributed by atoms with Crippen LogP contribution in [0.25, 0.3) is 0 Å². The molecule has 0 radical (unpaired) electrons. The highest BCUT2D eigenvalue weighted by molar-refractivity contribution is 4.88. The Kier molecular flexibility index (Phi) is 4.81. The van der Waals surface area contributed by atoms with E-state index in [-0.39, 0.29) is 17.1 Å². The molecule has 0 amide bonds. The third-order valence-electron chi connectivity index (χ3n) is 3.32. The van der Waals surface area contributed by atoms with Gasteiger partial charge in [-0.15, -0.1) is 0 Å². The Morgan fingerprint density at radius 2 is 1.83 bits per heavy atom. The van der Waals surface area contributed by atoms with E-state index in [9.17, 15) is 5.11 Å². The maximum atomic E-state index is 9.58. The van der Waals surface area contributed by atoms with E-state index in [1.54, 1.807) is 0 Å². The molecule has 3 N–H and O–H groups in total. The molecule has 0 aromatic carbocycles. The second-order valence-electron chi connectivity index (χ2n) is 7.31. The van der Waals surface area contributed by atoms with E-state index < -0.39 is 12.5 Å². The molecule has 1 rings (SSSR count). The maximum Gasteiger partial charge on any atom is 0.197 e. The minimum Gasteiger partial charge on any atom is -0.373 e. The Hall–Kier alpha value is -0.160. The number of hydrogen-bond donors (Lipinski definition) is 2. The molecular weight excluding hydrogens is 230 g/mol. The zero-order valence-corrected chi connectivity index (χ0v) is 12.6. The monoisotopic (exact) mass is 259 g/mol. The fourth-order valence-corrected chi connectivity index (χ4v) is 2.71. The predicted octanol–water partition coefficient (Wildman–Crippen LogP) is 2.25. The maximum absolute atomic E-state index is 9.58. The van der Waals surface area contributed by atoms with E-state index in [0.717, 1.165) is 12.8 Å². The molecule has 1 aliphatic rings. The van der Waals surface area contributed by atoms with Crippen LogP contribution in [0.3, 0.4) is 0 Å². The average Bonchev–Trinajstić information content (AvgIpc) is 2.35. The average molecular weight is 259 g/mol. The van der Waals surface area contributed by atoms with E-state index in [2.05, 4.69) is 20.8 Å². The van der Waals surface area contributed by atoms with Gasteiger partial charge in [-0.25, -0.2) is 0 Å². The summed E-state index contributed by atoms with van der Waals surface area (Å²) in [5.41, 5.74) is 5.44. The fraction of sp³-hybridized carbons (Fsp3) is 1.00. The quantitative estimate of drug-likeness (QED) is 0.760. The lowest BCUT2D eigenvalue weighted by Crippen LogP contribution is -2.45. The summed E-state index contributed by atoms with van der Waals surface area (Å²) in [4.78, 5) is 0. The molecule has 4 unspecified atom stereocenters. The van der Waals surface area contributed by atoms with Crippen LogP contribution in [0.5, 0.6) is 0 Å². The Morgan fingerprint density at radius 3 is 2.17 bits per heavy atom. The molecule has 1 aliphatic carbocycles.